The summed E-state index contributed by atoms with van der Waals surface area (Å²) in [5, 5.41) is 9.33. The summed E-state index contributed by atoms with van der Waals surface area (Å²) < 4.78 is 63.6. The van der Waals surface area contributed by atoms with Crippen LogP contribution in [-0.4, -0.2) is 36.8 Å². The fourth-order valence-corrected chi connectivity index (χ4v) is 3.38. The van der Waals surface area contributed by atoms with E-state index in [2.05, 4.69) is 4.98 Å². The van der Waals surface area contributed by atoms with Crippen LogP contribution in [0.5, 0.6) is 0 Å². The van der Waals surface area contributed by atoms with Gasteiger partial charge in [-0.2, -0.15) is 13.2 Å². The van der Waals surface area contributed by atoms with E-state index < -0.39 is 39.1 Å². The number of rotatable bonds is 4. The number of amides is 1. The van der Waals surface area contributed by atoms with E-state index in [-0.39, 0.29) is 5.52 Å². The van der Waals surface area contributed by atoms with Gasteiger partial charge >= 0.3 is 6.18 Å². The lowest BCUT2D eigenvalue weighted by Crippen LogP contribution is -2.46. The highest BCUT2D eigenvalue weighted by Gasteiger charge is 2.58. The average Bonchev–Trinajstić information content (AvgIpc) is 2.78. The lowest BCUT2D eigenvalue weighted by atomic mass is 9.99. The van der Waals surface area contributed by atoms with E-state index in [4.69, 9.17) is 0 Å². The number of carbonyl (C=O) groups excluding carboxylic acids is 1. The predicted octanol–water partition coefficient (Wildman–Crippen LogP) is 1.51. The van der Waals surface area contributed by atoms with Gasteiger partial charge in [-0.05, 0) is 12.1 Å². The van der Waals surface area contributed by atoms with Crippen LogP contribution in [0.2, 0.25) is 0 Å². The number of halogens is 3. The smallest absolute Gasteiger partial charge is 0.374 e. The molecule has 0 saturated carbocycles. The Labute approximate surface area is 133 Å². The minimum absolute atomic E-state index is 0.235. The zero-order valence-corrected chi connectivity index (χ0v) is 13.2. The van der Waals surface area contributed by atoms with Crippen molar-refractivity contribution in [2.75, 3.05) is 6.26 Å². The van der Waals surface area contributed by atoms with Crippen molar-refractivity contribution in [3.8, 4) is 0 Å². The maximum absolute atomic E-state index is 13.3. The van der Waals surface area contributed by atoms with Gasteiger partial charge in [0.1, 0.15) is 5.01 Å². The number of aliphatic hydroxyl groups is 1. The summed E-state index contributed by atoms with van der Waals surface area (Å²) in [4.78, 5) is 15.3. The largest absolute Gasteiger partial charge is 0.424 e. The molecule has 1 heterocycles. The van der Waals surface area contributed by atoms with Gasteiger partial charge in [0.2, 0.25) is 21.5 Å². The monoisotopic (exact) mass is 368 g/mol. The zero-order valence-electron chi connectivity index (χ0n) is 11.6. The van der Waals surface area contributed by atoms with Crippen LogP contribution < -0.4 is 4.72 Å². The Hall–Kier alpha value is -1.72. The highest BCUT2D eigenvalue weighted by Crippen LogP contribution is 2.44. The van der Waals surface area contributed by atoms with Gasteiger partial charge in [0.05, 0.1) is 22.9 Å². The van der Waals surface area contributed by atoms with E-state index in [1.807, 2.05) is 0 Å². The first-order valence-corrected chi connectivity index (χ1v) is 8.79. The quantitative estimate of drug-likeness (QED) is 0.853. The van der Waals surface area contributed by atoms with Gasteiger partial charge in [0.25, 0.3) is 0 Å². The molecule has 1 amide bonds. The van der Waals surface area contributed by atoms with Crippen LogP contribution >= 0.6 is 11.3 Å². The molecule has 0 bridgehead atoms. The molecule has 0 radical (unpaired) electrons. The number of nitrogens with zero attached hydrogens (tertiary/aromatic N) is 1. The maximum Gasteiger partial charge on any atom is 0.424 e. The molecular formula is C12H11F3N2O4S2. The Morgan fingerprint density at radius 3 is 2.48 bits per heavy atom. The van der Waals surface area contributed by atoms with E-state index in [0.29, 0.717) is 22.3 Å². The SMILES string of the molecule is CS(=O)(=O)NC(=O)CC(O)(c1nc2ccccc2s1)C(F)(F)F. The number of alkyl halides is 3. The van der Waals surface area contributed by atoms with Gasteiger partial charge in [-0.3, -0.25) is 9.52 Å². The average molecular weight is 368 g/mol. The van der Waals surface area contributed by atoms with Crippen LogP contribution in [0.1, 0.15) is 11.4 Å². The van der Waals surface area contributed by atoms with Gasteiger partial charge < -0.3 is 5.11 Å². The third-order valence-electron chi connectivity index (χ3n) is 2.83. The van der Waals surface area contributed by atoms with Crippen molar-refractivity contribution in [1.29, 1.82) is 0 Å². The van der Waals surface area contributed by atoms with E-state index in [1.54, 1.807) is 12.1 Å². The lowest BCUT2D eigenvalue weighted by Gasteiger charge is -2.27. The minimum Gasteiger partial charge on any atom is -0.374 e. The molecule has 1 aromatic heterocycles. The summed E-state index contributed by atoms with van der Waals surface area (Å²) >= 11 is 0.581. The molecule has 126 valence electrons. The van der Waals surface area contributed by atoms with Crippen LogP contribution in [0.4, 0.5) is 13.2 Å². The first kappa shape index (κ1) is 17.6. The number of hydrogen-bond donors (Lipinski definition) is 2. The molecule has 0 aliphatic carbocycles. The molecule has 1 atom stereocenters. The van der Waals surface area contributed by atoms with Crippen molar-refractivity contribution in [3.05, 3.63) is 29.3 Å². The zero-order chi connectivity index (χ0) is 17.5. The first-order valence-electron chi connectivity index (χ1n) is 6.08. The lowest BCUT2D eigenvalue weighted by molar-refractivity contribution is -0.267. The standard InChI is InChI=1S/C12H11F3N2O4S2/c1-23(20,21)17-9(18)6-11(19,12(13,14)15)10-16-7-4-2-3-5-8(7)22-10/h2-5,19H,6H2,1H3,(H,17,18). The van der Waals surface area contributed by atoms with Crippen LogP contribution in [0, 0.1) is 0 Å². The Morgan fingerprint density at radius 1 is 1.35 bits per heavy atom. The van der Waals surface area contributed by atoms with Gasteiger partial charge in [0, 0.05) is 0 Å². The summed E-state index contributed by atoms with van der Waals surface area (Å²) in [6, 6.07) is 6.13. The van der Waals surface area contributed by atoms with Crippen LogP contribution in [0.15, 0.2) is 24.3 Å². The molecule has 0 aliphatic heterocycles. The Morgan fingerprint density at radius 2 is 1.96 bits per heavy atom. The van der Waals surface area contributed by atoms with Gasteiger partial charge in [-0.25, -0.2) is 13.4 Å². The molecule has 1 unspecified atom stereocenters. The van der Waals surface area contributed by atoms with Crippen molar-refractivity contribution in [1.82, 2.24) is 9.71 Å². The number of hydrogen-bond acceptors (Lipinski definition) is 6. The number of para-hydroxylation sites is 1. The van der Waals surface area contributed by atoms with Crippen molar-refractivity contribution in [2.45, 2.75) is 18.2 Å². The molecule has 6 nitrogen and oxygen atoms in total. The van der Waals surface area contributed by atoms with E-state index in [1.165, 1.54) is 16.9 Å². The summed E-state index contributed by atoms with van der Waals surface area (Å²) in [6.45, 7) is 0. The molecule has 0 saturated heterocycles. The second kappa shape index (κ2) is 5.73. The molecule has 0 spiro atoms. The molecule has 0 fully saturated rings. The highest BCUT2D eigenvalue weighted by atomic mass is 32.2. The molecular weight excluding hydrogens is 357 g/mol. The molecule has 23 heavy (non-hydrogen) atoms. The van der Waals surface area contributed by atoms with Crippen molar-refractivity contribution < 1.29 is 31.5 Å². The third kappa shape index (κ3) is 3.79. The predicted molar refractivity (Wildman–Crippen MR) is 77.2 cm³/mol. The number of aromatic nitrogens is 1. The Balaban J connectivity index is 2.45. The summed E-state index contributed by atoms with van der Waals surface area (Å²) in [7, 11) is -4.04. The fraction of sp³-hybridized carbons (Fsp3) is 0.333. The normalized spacial score (nSPS) is 15.3. The molecule has 1 aromatic carbocycles. The number of fused-ring (bicyclic) bond motifs is 1. The van der Waals surface area contributed by atoms with Crippen molar-refractivity contribution >= 4 is 37.5 Å². The Kier molecular flexibility index (Phi) is 4.39. The molecule has 2 aromatic rings. The summed E-state index contributed by atoms with van der Waals surface area (Å²) in [5.41, 5.74) is -3.34. The van der Waals surface area contributed by atoms with Crippen LogP contribution in [0.25, 0.3) is 10.2 Å². The topological polar surface area (TPSA) is 96.4 Å². The number of thiazole rings is 1. The van der Waals surface area contributed by atoms with Gasteiger partial charge in [0.15, 0.2) is 0 Å². The third-order valence-corrected chi connectivity index (χ3v) is 4.62. The number of sulfonamides is 1. The van der Waals surface area contributed by atoms with E-state index >= 15 is 0 Å². The van der Waals surface area contributed by atoms with Crippen LogP contribution in [-0.2, 0) is 20.4 Å². The van der Waals surface area contributed by atoms with Crippen LogP contribution in [0.3, 0.4) is 0 Å². The van der Waals surface area contributed by atoms with Crippen molar-refractivity contribution in [3.63, 3.8) is 0 Å². The number of nitrogens with one attached hydrogen (secondary N) is 1. The van der Waals surface area contributed by atoms with E-state index in [9.17, 15) is 31.5 Å². The second-order valence-electron chi connectivity index (χ2n) is 4.82. The number of carbonyl (C=O) groups is 1. The molecule has 11 heteroatoms. The van der Waals surface area contributed by atoms with Gasteiger partial charge in [-0.1, -0.05) is 12.1 Å². The fourth-order valence-electron chi connectivity index (χ4n) is 1.82. The van der Waals surface area contributed by atoms with E-state index in [0.717, 1.165) is 0 Å². The Bertz CT molecular complexity index is 814. The molecule has 2 rings (SSSR count). The molecule has 0 aliphatic rings. The highest BCUT2D eigenvalue weighted by molar-refractivity contribution is 7.89. The number of benzene rings is 1. The first-order chi connectivity index (χ1) is 10.4. The summed E-state index contributed by atoms with van der Waals surface area (Å²) in [6.07, 6.45) is -6.10. The minimum atomic E-state index is -5.21. The second-order valence-corrected chi connectivity index (χ2v) is 7.60. The maximum atomic E-state index is 13.3. The molecule has 2 N–H and O–H groups in total. The van der Waals surface area contributed by atoms with Crippen molar-refractivity contribution in [2.24, 2.45) is 0 Å². The van der Waals surface area contributed by atoms with Gasteiger partial charge in [-0.15, -0.1) is 11.3 Å². The summed E-state index contributed by atoms with van der Waals surface area (Å²) in [5.74, 6) is -1.48.